The van der Waals surface area contributed by atoms with Crippen LogP contribution in [0.1, 0.15) is 43.7 Å². The van der Waals surface area contributed by atoms with Gasteiger partial charge in [-0.3, -0.25) is 0 Å². The standard InChI is InChI=1S/C21H23N5S/c1-12-6-8-13(9-7-12)17-23-18-15-14-10-20(2,3)25-21(4,5)16(14)27-19(15)22-11-26(18)24-17/h6-9,11,25H,10H2,1-5H3. The summed E-state index contributed by atoms with van der Waals surface area (Å²) < 4.78 is 1.83. The smallest absolute Gasteiger partial charge is 0.182 e. The topological polar surface area (TPSA) is 55.1 Å². The predicted octanol–water partition coefficient (Wildman–Crippen LogP) is 4.47. The number of fused-ring (bicyclic) bond motifs is 5. The van der Waals surface area contributed by atoms with E-state index in [0.717, 1.165) is 33.7 Å². The molecule has 4 heterocycles. The van der Waals surface area contributed by atoms with E-state index in [1.165, 1.54) is 16.0 Å². The van der Waals surface area contributed by atoms with Crippen LogP contribution in [0.2, 0.25) is 0 Å². The number of hydrogen-bond donors (Lipinski definition) is 1. The maximum Gasteiger partial charge on any atom is 0.182 e. The van der Waals surface area contributed by atoms with E-state index in [-0.39, 0.29) is 11.1 Å². The van der Waals surface area contributed by atoms with Crippen molar-refractivity contribution in [3.05, 3.63) is 46.6 Å². The minimum Gasteiger partial charge on any atom is -0.302 e. The molecule has 4 aromatic rings. The molecule has 0 bridgehead atoms. The zero-order chi connectivity index (χ0) is 19.0. The van der Waals surface area contributed by atoms with Gasteiger partial charge in [0.2, 0.25) is 0 Å². The van der Waals surface area contributed by atoms with Crippen molar-refractivity contribution < 1.29 is 0 Å². The first-order chi connectivity index (χ1) is 12.7. The van der Waals surface area contributed by atoms with Crippen LogP contribution in [-0.4, -0.2) is 25.1 Å². The van der Waals surface area contributed by atoms with Gasteiger partial charge in [-0.1, -0.05) is 29.8 Å². The van der Waals surface area contributed by atoms with Gasteiger partial charge in [-0.2, -0.15) is 0 Å². The molecular weight excluding hydrogens is 354 g/mol. The number of thiophene rings is 1. The number of nitrogens with zero attached hydrogens (tertiary/aromatic N) is 4. The number of aryl methyl sites for hydroxylation is 1. The van der Waals surface area contributed by atoms with Crippen molar-refractivity contribution in [2.75, 3.05) is 0 Å². The Bertz CT molecular complexity index is 1180. The Hall–Kier alpha value is -2.31. The van der Waals surface area contributed by atoms with Crippen LogP contribution in [0.15, 0.2) is 30.6 Å². The molecule has 6 heteroatoms. The first-order valence-corrected chi connectivity index (χ1v) is 10.1. The second-order valence-corrected chi connectivity index (χ2v) is 9.71. The van der Waals surface area contributed by atoms with Gasteiger partial charge in [-0.15, -0.1) is 16.4 Å². The lowest BCUT2D eigenvalue weighted by Gasteiger charge is -2.42. The van der Waals surface area contributed by atoms with E-state index in [1.54, 1.807) is 17.7 Å². The zero-order valence-electron chi connectivity index (χ0n) is 16.3. The van der Waals surface area contributed by atoms with Gasteiger partial charge >= 0.3 is 0 Å². The van der Waals surface area contributed by atoms with Crippen LogP contribution < -0.4 is 5.32 Å². The molecule has 5 rings (SSSR count). The molecule has 0 fully saturated rings. The summed E-state index contributed by atoms with van der Waals surface area (Å²) in [4.78, 5) is 12.0. The van der Waals surface area contributed by atoms with Crippen molar-refractivity contribution in [2.45, 2.75) is 52.1 Å². The summed E-state index contributed by atoms with van der Waals surface area (Å²) >= 11 is 1.77. The highest BCUT2D eigenvalue weighted by atomic mass is 32.1. The molecule has 0 spiro atoms. The molecule has 1 aromatic carbocycles. The highest BCUT2D eigenvalue weighted by molar-refractivity contribution is 7.19. The van der Waals surface area contributed by atoms with Crippen LogP contribution in [0.4, 0.5) is 0 Å². The van der Waals surface area contributed by atoms with Crippen LogP contribution in [0, 0.1) is 6.92 Å². The largest absolute Gasteiger partial charge is 0.302 e. The number of benzene rings is 1. The molecule has 0 amide bonds. The zero-order valence-corrected chi connectivity index (χ0v) is 17.1. The Morgan fingerprint density at radius 2 is 1.85 bits per heavy atom. The highest BCUT2D eigenvalue weighted by Crippen LogP contribution is 2.44. The van der Waals surface area contributed by atoms with Crippen LogP contribution in [-0.2, 0) is 12.0 Å². The van der Waals surface area contributed by atoms with Gasteiger partial charge in [0, 0.05) is 21.5 Å². The Balaban J connectivity index is 1.78. The van der Waals surface area contributed by atoms with E-state index in [0.29, 0.717) is 0 Å². The summed E-state index contributed by atoms with van der Waals surface area (Å²) in [5.74, 6) is 0.747. The van der Waals surface area contributed by atoms with Crippen molar-refractivity contribution in [2.24, 2.45) is 0 Å². The van der Waals surface area contributed by atoms with Crippen LogP contribution >= 0.6 is 11.3 Å². The second kappa shape index (κ2) is 5.36. The number of aromatic nitrogens is 4. The van der Waals surface area contributed by atoms with Crippen molar-refractivity contribution in [1.82, 2.24) is 24.9 Å². The molecule has 3 aromatic heterocycles. The van der Waals surface area contributed by atoms with Crippen LogP contribution in [0.3, 0.4) is 0 Å². The van der Waals surface area contributed by atoms with Gasteiger partial charge in [0.05, 0.1) is 5.39 Å². The molecule has 0 atom stereocenters. The summed E-state index contributed by atoms with van der Waals surface area (Å²) in [6.07, 6.45) is 2.75. The third kappa shape index (κ3) is 2.58. The number of hydrogen-bond acceptors (Lipinski definition) is 5. The molecule has 1 N–H and O–H groups in total. The van der Waals surface area contributed by atoms with E-state index < -0.39 is 0 Å². The lowest BCUT2D eigenvalue weighted by atomic mass is 9.82. The molecule has 5 nitrogen and oxygen atoms in total. The third-order valence-electron chi connectivity index (χ3n) is 5.27. The lowest BCUT2D eigenvalue weighted by molar-refractivity contribution is 0.248. The van der Waals surface area contributed by atoms with E-state index in [1.807, 2.05) is 4.52 Å². The molecule has 1 aliphatic rings. The van der Waals surface area contributed by atoms with Crippen LogP contribution in [0.25, 0.3) is 27.3 Å². The third-order valence-corrected chi connectivity index (χ3v) is 6.74. The van der Waals surface area contributed by atoms with Gasteiger partial charge in [0.1, 0.15) is 11.2 Å². The quantitative estimate of drug-likeness (QED) is 0.532. The fourth-order valence-corrected chi connectivity index (χ4v) is 5.56. The maximum absolute atomic E-state index is 4.91. The van der Waals surface area contributed by atoms with E-state index >= 15 is 0 Å². The van der Waals surface area contributed by atoms with Crippen LogP contribution in [0.5, 0.6) is 0 Å². The molecule has 0 aliphatic carbocycles. The van der Waals surface area contributed by atoms with Gasteiger partial charge in [0.25, 0.3) is 0 Å². The van der Waals surface area contributed by atoms with Crippen molar-refractivity contribution in [1.29, 1.82) is 0 Å². The summed E-state index contributed by atoms with van der Waals surface area (Å²) in [6.45, 7) is 11.1. The normalized spacial score (nSPS) is 18.1. The predicted molar refractivity (Wildman–Crippen MR) is 110 cm³/mol. The Morgan fingerprint density at radius 1 is 1.11 bits per heavy atom. The summed E-state index contributed by atoms with van der Waals surface area (Å²) in [6, 6.07) is 8.35. The molecule has 0 unspecified atom stereocenters. The van der Waals surface area contributed by atoms with Gasteiger partial charge in [-0.05, 0) is 46.6 Å². The van der Waals surface area contributed by atoms with Gasteiger partial charge < -0.3 is 5.32 Å². The average molecular weight is 378 g/mol. The maximum atomic E-state index is 4.91. The SMILES string of the molecule is Cc1ccc(-c2nc3c4c5c(sc4ncn3n2)C(C)(C)NC(C)(C)C5)cc1. The fourth-order valence-electron chi connectivity index (χ4n) is 4.34. The summed E-state index contributed by atoms with van der Waals surface area (Å²) in [5.41, 5.74) is 4.47. The Labute approximate surface area is 162 Å². The first-order valence-electron chi connectivity index (χ1n) is 9.27. The first kappa shape index (κ1) is 16.8. The molecule has 0 saturated carbocycles. The lowest BCUT2D eigenvalue weighted by Crippen LogP contribution is -2.54. The summed E-state index contributed by atoms with van der Waals surface area (Å²) in [5, 5.41) is 9.63. The minimum atomic E-state index is -0.0841. The van der Waals surface area contributed by atoms with Crippen molar-refractivity contribution in [3.63, 3.8) is 0 Å². The minimum absolute atomic E-state index is 0.0249. The fraction of sp³-hybridized carbons (Fsp3) is 0.381. The van der Waals surface area contributed by atoms with Gasteiger partial charge in [0.15, 0.2) is 11.5 Å². The highest BCUT2D eigenvalue weighted by Gasteiger charge is 2.39. The van der Waals surface area contributed by atoms with Gasteiger partial charge in [-0.25, -0.2) is 14.5 Å². The Morgan fingerprint density at radius 3 is 2.59 bits per heavy atom. The molecular formula is C21H23N5S. The monoisotopic (exact) mass is 377 g/mol. The molecule has 138 valence electrons. The van der Waals surface area contributed by atoms with E-state index in [9.17, 15) is 0 Å². The Kier molecular flexibility index (Phi) is 3.34. The van der Waals surface area contributed by atoms with E-state index in [2.05, 4.69) is 64.2 Å². The number of nitrogens with one attached hydrogen (secondary N) is 1. The average Bonchev–Trinajstić information content (AvgIpc) is 3.15. The molecule has 0 radical (unpaired) electrons. The number of rotatable bonds is 1. The van der Waals surface area contributed by atoms with Crippen molar-refractivity contribution in [3.8, 4) is 11.4 Å². The van der Waals surface area contributed by atoms with E-state index in [4.69, 9.17) is 15.1 Å². The molecule has 0 saturated heterocycles. The molecule has 27 heavy (non-hydrogen) atoms. The second-order valence-electron chi connectivity index (χ2n) is 8.71. The summed E-state index contributed by atoms with van der Waals surface area (Å²) in [7, 11) is 0. The van der Waals surface area contributed by atoms with Crippen molar-refractivity contribution >= 4 is 27.2 Å². The molecule has 1 aliphatic heterocycles.